The number of amides is 1. The van der Waals surface area contributed by atoms with Crippen molar-refractivity contribution in [2.45, 2.75) is 40.5 Å². The molecule has 0 unspecified atom stereocenters. The van der Waals surface area contributed by atoms with Crippen molar-refractivity contribution in [1.29, 1.82) is 0 Å². The van der Waals surface area contributed by atoms with E-state index in [0.717, 1.165) is 48.3 Å². The molecule has 5 heteroatoms. The van der Waals surface area contributed by atoms with Crippen LogP contribution in [0, 0.1) is 13.8 Å². The van der Waals surface area contributed by atoms with E-state index in [-0.39, 0.29) is 5.91 Å². The topological polar surface area (TPSA) is 44.7 Å². The summed E-state index contributed by atoms with van der Waals surface area (Å²) in [5.74, 6) is -0.0948. The highest BCUT2D eigenvalue weighted by Gasteiger charge is 2.24. The van der Waals surface area contributed by atoms with Crippen LogP contribution in [0.2, 0.25) is 0 Å². The first-order chi connectivity index (χ1) is 14.0. The summed E-state index contributed by atoms with van der Waals surface area (Å²) in [7, 11) is 0. The highest BCUT2D eigenvalue weighted by Crippen LogP contribution is 2.31. The van der Waals surface area contributed by atoms with Crippen LogP contribution in [0.25, 0.3) is 6.08 Å². The van der Waals surface area contributed by atoms with E-state index in [1.807, 2.05) is 38.1 Å². The fourth-order valence-corrected chi connectivity index (χ4v) is 4.23. The van der Waals surface area contributed by atoms with Crippen LogP contribution in [-0.2, 0) is 4.79 Å². The molecule has 0 atom stereocenters. The van der Waals surface area contributed by atoms with Crippen LogP contribution in [-0.4, -0.2) is 24.2 Å². The normalized spacial score (nSPS) is 16.5. The molecule has 1 N–H and O–H groups in total. The molecule has 1 heterocycles. The minimum absolute atomic E-state index is 0.0948. The molecule has 1 aliphatic rings. The summed E-state index contributed by atoms with van der Waals surface area (Å²) in [6, 6.07) is 14.5. The zero-order valence-corrected chi connectivity index (χ0v) is 18.5. The minimum Gasteiger partial charge on any atom is -0.372 e. The van der Waals surface area contributed by atoms with Gasteiger partial charge in [-0.25, -0.2) is 4.99 Å². The van der Waals surface area contributed by atoms with E-state index >= 15 is 0 Å². The Morgan fingerprint density at radius 2 is 1.62 bits per heavy atom. The van der Waals surface area contributed by atoms with Crippen LogP contribution < -0.4 is 10.2 Å². The number of anilines is 1. The zero-order valence-electron chi connectivity index (χ0n) is 17.7. The Labute approximate surface area is 178 Å². The SMILES string of the molecule is CCCN(CCC)c1ccc(/C=C2\SC(=Nc3c(C)cccc3C)NC2=O)cc1. The lowest BCUT2D eigenvalue weighted by Crippen LogP contribution is -2.24. The molecule has 0 aliphatic carbocycles. The minimum atomic E-state index is -0.0948. The van der Waals surface area contributed by atoms with Crippen molar-refractivity contribution in [2.75, 3.05) is 18.0 Å². The monoisotopic (exact) mass is 407 g/mol. The predicted octanol–water partition coefficient (Wildman–Crippen LogP) is 5.82. The molecule has 0 saturated carbocycles. The number of benzene rings is 2. The first-order valence-electron chi connectivity index (χ1n) is 10.2. The van der Waals surface area contributed by atoms with Crippen molar-refractivity contribution in [3.05, 3.63) is 64.1 Å². The number of carbonyl (C=O) groups is 1. The first kappa shape index (κ1) is 21.2. The number of para-hydroxylation sites is 1. The number of amidine groups is 1. The second-order valence-electron chi connectivity index (χ2n) is 7.30. The summed E-state index contributed by atoms with van der Waals surface area (Å²) in [4.78, 5) is 20.2. The quantitative estimate of drug-likeness (QED) is 0.588. The Bertz CT molecular complexity index is 905. The van der Waals surface area contributed by atoms with Gasteiger partial charge in [-0.15, -0.1) is 0 Å². The third kappa shape index (κ3) is 5.30. The molecular formula is C24H29N3OS. The van der Waals surface area contributed by atoms with Crippen molar-refractivity contribution in [3.63, 3.8) is 0 Å². The molecule has 0 radical (unpaired) electrons. The Balaban J connectivity index is 1.77. The molecule has 3 rings (SSSR count). The van der Waals surface area contributed by atoms with Crippen LogP contribution in [0.5, 0.6) is 0 Å². The molecular weight excluding hydrogens is 378 g/mol. The average molecular weight is 408 g/mol. The fourth-order valence-electron chi connectivity index (χ4n) is 3.41. The lowest BCUT2D eigenvalue weighted by molar-refractivity contribution is -0.115. The molecule has 2 aromatic carbocycles. The summed E-state index contributed by atoms with van der Waals surface area (Å²) >= 11 is 1.39. The molecule has 1 aliphatic heterocycles. The molecule has 0 aromatic heterocycles. The Hall–Kier alpha value is -2.53. The maximum atomic E-state index is 12.4. The number of thioether (sulfide) groups is 1. The second-order valence-corrected chi connectivity index (χ2v) is 8.33. The largest absolute Gasteiger partial charge is 0.372 e. The summed E-state index contributed by atoms with van der Waals surface area (Å²) in [5, 5.41) is 3.52. The lowest BCUT2D eigenvalue weighted by atomic mass is 10.1. The number of carbonyl (C=O) groups excluding carboxylic acids is 1. The van der Waals surface area contributed by atoms with Crippen molar-refractivity contribution in [1.82, 2.24) is 5.32 Å². The van der Waals surface area contributed by atoms with Crippen LogP contribution in [0.4, 0.5) is 11.4 Å². The fraction of sp³-hybridized carbons (Fsp3) is 0.333. The van der Waals surface area contributed by atoms with E-state index in [0.29, 0.717) is 10.1 Å². The first-order valence-corrected chi connectivity index (χ1v) is 11.0. The third-order valence-corrected chi connectivity index (χ3v) is 5.76. The number of rotatable bonds is 7. The van der Waals surface area contributed by atoms with E-state index in [4.69, 9.17) is 0 Å². The third-order valence-electron chi connectivity index (χ3n) is 4.85. The van der Waals surface area contributed by atoms with E-state index in [1.54, 1.807) is 0 Å². The van der Waals surface area contributed by atoms with Crippen LogP contribution in [0.15, 0.2) is 52.4 Å². The highest BCUT2D eigenvalue weighted by atomic mass is 32.2. The van der Waals surface area contributed by atoms with Crippen molar-refractivity contribution in [3.8, 4) is 0 Å². The van der Waals surface area contributed by atoms with Gasteiger partial charge in [0, 0.05) is 18.8 Å². The number of nitrogens with one attached hydrogen (secondary N) is 1. The van der Waals surface area contributed by atoms with E-state index in [2.05, 4.69) is 53.3 Å². The van der Waals surface area contributed by atoms with E-state index < -0.39 is 0 Å². The maximum absolute atomic E-state index is 12.4. The van der Waals surface area contributed by atoms with Crippen molar-refractivity contribution >= 4 is 40.3 Å². The van der Waals surface area contributed by atoms with E-state index in [9.17, 15) is 4.79 Å². The second kappa shape index (κ2) is 9.79. The van der Waals surface area contributed by atoms with Gasteiger partial charge in [-0.05, 0) is 73.4 Å². The van der Waals surface area contributed by atoms with Gasteiger partial charge in [0.25, 0.3) is 5.91 Å². The van der Waals surface area contributed by atoms with Crippen molar-refractivity contribution in [2.24, 2.45) is 4.99 Å². The van der Waals surface area contributed by atoms with Gasteiger partial charge in [0.15, 0.2) is 5.17 Å². The zero-order chi connectivity index (χ0) is 20.8. The van der Waals surface area contributed by atoms with Gasteiger partial charge in [0.2, 0.25) is 0 Å². The smallest absolute Gasteiger partial charge is 0.264 e. The van der Waals surface area contributed by atoms with Gasteiger partial charge >= 0.3 is 0 Å². The van der Waals surface area contributed by atoms with Gasteiger partial charge in [0.05, 0.1) is 10.6 Å². The van der Waals surface area contributed by atoms with Crippen molar-refractivity contribution < 1.29 is 4.79 Å². The Kier molecular flexibility index (Phi) is 7.15. The van der Waals surface area contributed by atoms with Gasteiger partial charge < -0.3 is 10.2 Å². The van der Waals surface area contributed by atoms with Gasteiger partial charge in [-0.2, -0.15) is 0 Å². The summed E-state index contributed by atoms with van der Waals surface area (Å²) in [6.45, 7) is 10.6. The molecule has 2 aromatic rings. The maximum Gasteiger partial charge on any atom is 0.264 e. The van der Waals surface area contributed by atoms with Crippen LogP contribution >= 0.6 is 11.8 Å². The number of nitrogens with zero attached hydrogens (tertiary/aromatic N) is 2. The van der Waals surface area contributed by atoms with Gasteiger partial charge in [0.1, 0.15) is 0 Å². The van der Waals surface area contributed by atoms with Crippen LogP contribution in [0.3, 0.4) is 0 Å². The molecule has 29 heavy (non-hydrogen) atoms. The van der Waals surface area contributed by atoms with Crippen LogP contribution in [0.1, 0.15) is 43.4 Å². The van der Waals surface area contributed by atoms with Gasteiger partial charge in [-0.3, -0.25) is 4.79 Å². The summed E-state index contributed by atoms with van der Waals surface area (Å²) < 4.78 is 0. The summed E-state index contributed by atoms with van der Waals surface area (Å²) in [6.07, 6.45) is 4.19. The number of aliphatic imine (C=N–C) groups is 1. The number of hydrogen-bond donors (Lipinski definition) is 1. The molecule has 4 nitrogen and oxygen atoms in total. The van der Waals surface area contributed by atoms with Gasteiger partial charge in [-0.1, -0.05) is 44.2 Å². The number of aryl methyl sites for hydroxylation is 2. The molecule has 152 valence electrons. The average Bonchev–Trinajstić information content (AvgIpc) is 3.04. The molecule has 1 fully saturated rings. The predicted molar refractivity (Wildman–Crippen MR) is 126 cm³/mol. The Morgan fingerprint density at radius 3 is 2.21 bits per heavy atom. The molecule has 1 amide bonds. The van der Waals surface area contributed by atoms with E-state index in [1.165, 1.54) is 17.4 Å². The molecule has 0 bridgehead atoms. The number of hydrogen-bond acceptors (Lipinski definition) is 4. The molecule has 1 saturated heterocycles. The Morgan fingerprint density at radius 1 is 1.00 bits per heavy atom. The summed E-state index contributed by atoms with van der Waals surface area (Å²) in [5.41, 5.74) is 5.38. The highest BCUT2D eigenvalue weighted by molar-refractivity contribution is 8.18. The lowest BCUT2D eigenvalue weighted by Gasteiger charge is -2.23. The standard InChI is InChI=1S/C24H29N3OS/c1-5-14-27(15-6-2)20-12-10-19(11-13-20)16-21-23(28)26-24(29-21)25-22-17(3)8-7-9-18(22)4/h7-13,16H,5-6,14-15H2,1-4H3,(H,25,26,28)/b21-16-. The molecule has 0 spiro atoms.